The van der Waals surface area contributed by atoms with E-state index in [2.05, 4.69) is 10.1 Å². The Kier molecular flexibility index (Phi) is 5.39. The predicted molar refractivity (Wildman–Crippen MR) is 81.3 cm³/mol. The van der Waals surface area contributed by atoms with Crippen molar-refractivity contribution >= 4 is 17.3 Å². The number of hydrogen-bond acceptors (Lipinski definition) is 2. The fourth-order valence-electron chi connectivity index (χ4n) is 2.08. The second-order valence-corrected chi connectivity index (χ2v) is 5.19. The van der Waals surface area contributed by atoms with Gasteiger partial charge in [0.15, 0.2) is 0 Å². The number of benzene rings is 2. The number of alkyl halides is 2. The van der Waals surface area contributed by atoms with E-state index in [4.69, 9.17) is 11.6 Å². The number of nitrogens with one attached hydrogen (secondary N) is 1. The molecule has 5 heteroatoms. The van der Waals surface area contributed by atoms with Crippen molar-refractivity contribution in [3.05, 3.63) is 59.1 Å². The smallest absolute Gasteiger partial charge is 0.387 e. The summed E-state index contributed by atoms with van der Waals surface area (Å²) in [5.74, 6) is 0.149. The molecule has 1 atom stereocenters. The van der Waals surface area contributed by atoms with Crippen LogP contribution in [-0.2, 0) is 6.42 Å². The Bertz CT molecular complexity index is 575. The minimum absolute atomic E-state index is 0.0635. The highest BCUT2D eigenvalue weighted by molar-refractivity contribution is 6.30. The van der Waals surface area contributed by atoms with Gasteiger partial charge >= 0.3 is 6.61 Å². The molecule has 1 N–H and O–H groups in total. The summed E-state index contributed by atoms with van der Waals surface area (Å²) >= 11 is 5.84. The highest BCUT2D eigenvalue weighted by Crippen LogP contribution is 2.26. The Morgan fingerprint density at radius 1 is 1.10 bits per heavy atom. The van der Waals surface area contributed by atoms with Crippen LogP contribution < -0.4 is 10.1 Å². The van der Waals surface area contributed by atoms with Crippen molar-refractivity contribution in [1.29, 1.82) is 0 Å². The van der Waals surface area contributed by atoms with E-state index in [-0.39, 0.29) is 11.8 Å². The first-order chi connectivity index (χ1) is 10.0. The largest absolute Gasteiger partial charge is 0.433 e. The van der Waals surface area contributed by atoms with Crippen molar-refractivity contribution in [2.45, 2.75) is 26.0 Å². The van der Waals surface area contributed by atoms with Crippen LogP contribution in [0.25, 0.3) is 0 Å². The minimum atomic E-state index is -2.83. The van der Waals surface area contributed by atoms with Gasteiger partial charge in [0.2, 0.25) is 0 Å². The molecule has 0 amide bonds. The first-order valence-corrected chi connectivity index (χ1v) is 6.97. The Morgan fingerprint density at radius 2 is 1.76 bits per heavy atom. The van der Waals surface area contributed by atoms with Gasteiger partial charge in [0.1, 0.15) is 5.75 Å². The average molecular weight is 312 g/mol. The quantitative estimate of drug-likeness (QED) is 0.812. The summed E-state index contributed by atoms with van der Waals surface area (Å²) in [5.41, 5.74) is 1.67. The van der Waals surface area contributed by atoms with E-state index < -0.39 is 6.61 Å². The monoisotopic (exact) mass is 311 g/mol. The van der Waals surface area contributed by atoms with Crippen LogP contribution in [0.2, 0.25) is 5.02 Å². The van der Waals surface area contributed by atoms with Crippen molar-refractivity contribution in [3.8, 4) is 5.75 Å². The highest BCUT2D eigenvalue weighted by Gasteiger charge is 2.11. The first-order valence-electron chi connectivity index (χ1n) is 6.59. The molecule has 0 aliphatic rings. The number of rotatable bonds is 6. The molecule has 2 aromatic carbocycles. The van der Waals surface area contributed by atoms with Crippen LogP contribution in [-0.4, -0.2) is 12.7 Å². The lowest BCUT2D eigenvalue weighted by Crippen LogP contribution is -2.19. The summed E-state index contributed by atoms with van der Waals surface area (Å²) in [7, 11) is 0. The molecule has 2 rings (SSSR count). The van der Waals surface area contributed by atoms with Gasteiger partial charge in [-0.15, -0.1) is 0 Å². The molecular weight excluding hydrogens is 296 g/mol. The number of halogens is 3. The maximum atomic E-state index is 12.4. The van der Waals surface area contributed by atoms with Crippen molar-refractivity contribution in [2.75, 3.05) is 5.32 Å². The van der Waals surface area contributed by atoms with Gasteiger partial charge in [0.25, 0.3) is 0 Å². The van der Waals surface area contributed by atoms with E-state index in [0.717, 1.165) is 12.0 Å². The fourth-order valence-corrected chi connectivity index (χ4v) is 2.20. The van der Waals surface area contributed by atoms with Crippen LogP contribution in [0.4, 0.5) is 14.5 Å². The molecule has 2 nitrogen and oxygen atoms in total. The molecule has 0 aliphatic heterocycles. The zero-order valence-electron chi connectivity index (χ0n) is 11.5. The molecule has 0 fully saturated rings. The first kappa shape index (κ1) is 15.6. The van der Waals surface area contributed by atoms with E-state index in [9.17, 15) is 8.78 Å². The lowest BCUT2D eigenvalue weighted by Gasteiger charge is -2.18. The predicted octanol–water partition coefficient (Wildman–Crippen LogP) is 4.98. The Labute approximate surface area is 127 Å². The van der Waals surface area contributed by atoms with Crippen LogP contribution in [0, 0.1) is 0 Å². The topological polar surface area (TPSA) is 21.3 Å². The van der Waals surface area contributed by atoms with Crippen LogP contribution in [0.3, 0.4) is 0 Å². The van der Waals surface area contributed by atoms with E-state index in [0.29, 0.717) is 10.7 Å². The van der Waals surface area contributed by atoms with Gasteiger partial charge < -0.3 is 10.1 Å². The number of ether oxygens (including phenoxy) is 1. The van der Waals surface area contributed by atoms with Gasteiger partial charge in [-0.2, -0.15) is 8.78 Å². The Morgan fingerprint density at radius 3 is 2.43 bits per heavy atom. The molecule has 2 aromatic rings. The summed E-state index contributed by atoms with van der Waals surface area (Å²) < 4.78 is 29.2. The van der Waals surface area contributed by atoms with Crippen LogP contribution in [0.15, 0.2) is 48.5 Å². The van der Waals surface area contributed by atoms with Gasteiger partial charge in [-0.25, -0.2) is 0 Å². The fraction of sp³-hybridized carbons (Fsp3) is 0.250. The molecule has 0 heterocycles. The molecule has 1 unspecified atom stereocenters. The third-order valence-electron chi connectivity index (χ3n) is 2.96. The molecule has 0 radical (unpaired) electrons. The molecule has 0 spiro atoms. The zero-order chi connectivity index (χ0) is 15.2. The summed E-state index contributed by atoms with van der Waals surface area (Å²) in [6.07, 6.45) is 0.750. The van der Waals surface area contributed by atoms with Crippen LogP contribution >= 0.6 is 11.6 Å². The van der Waals surface area contributed by atoms with E-state index in [1.54, 1.807) is 18.2 Å². The minimum Gasteiger partial charge on any atom is -0.433 e. The molecular formula is C16H16ClF2NO. The maximum Gasteiger partial charge on any atom is 0.387 e. The van der Waals surface area contributed by atoms with Crippen molar-refractivity contribution in [3.63, 3.8) is 0 Å². The standard InChI is InChI=1S/C16H16ClF2NO/c1-11(10-12-6-8-13(17)9-7-12)20-14-4-2-3-5-15(14)21-16(18)19/h2-9,11,16,20H,10H2,1H3. The maximum absolute atomic E-state index is 12.4. The molecule has 0 aliphatic carbocycles. The molecule has 0 saturated heterocycles. The van der Waals surface area contributed by atoms with Gasteiger partial charge in [-0.05, 0) is 43.2 Å². The van der Waals surface area contributed by atoms with Gasteiger partial charge in [-0.3, -0.25) is 0 Å². The van der Waals surface area contributed by atoms with Crippen molar-refractivity contribution in [2.24, 2.45) is 0 Å². The normalized spacial score (nSPS) is 12.2. The molecule has 112 valence electrons. The number of para-hydroxylation sites is 2. The molecule has 21 heavy (non-hydrogen) atoms. The lowest BCUT2D eigenvalue weighted by molar-refractivity contribution is -0.0493. The molecule has 0 saturated carbocycles. The van der Waals surface area contributed by atoms with Crippen LogP contribution in [0.1, 0.15) is 12.5 Å². The lowest BCUT2D eigenvalue weighted by atomic mass is 10.1. The highest BCUT2D eigenvalue weighted by atomic mass is 35.5. The van der Waals surface area contributed by atoms with E-state index in [1.165, 1.54) is 6.07 Å². The summed E-state index contributed by atoms with van der Waals surface area (Å²) in [6, 6.07) is 14.3. The summed E-state index contributed by atoms with van der Waals surface area (Å²) in [4.78, 5) is 0. The Balaban J connectivity index is 2.02. The van der Waals surface area contributed by atoms with Crippen LogP contribution in [0.5, 0.6) is 5.75 Å². The summed E-state index contributed by atoms with van der Waals surface area (Å²) in [5, 5.41) is 3.88. The molecule has 0 bridgehead atoms. The van der Waals surface area contributed by atoms with Gasteiger partial charge in [-0.1, -0.05) is 35.9 Å². The third-order valence-corrected chi connectivity index (χ3v) is 3.21. The molecule has 0 aromatic heterocycles. The third kappa shape index (κ3) is 4.90. The van der Waals surface area contributed by atoms with Gasteiger partial charge in [0, 0.05) is 11.1 Å². The van der Waals surface area contributed by atoms with Crippen molar-refractivity contribution < 1.29 is 13.5 Å². The zero-order valence-corrected chi connectivity index (χ0v) is 12.3. The average Bonchev–Trinajstić information content (AvgIpc) is 2.43. The second kappa shape index (κ2) is 7.27. The van der Waals surface area contributed by atoms with E-state index >= 15 is 0 Å². The van der Waals surface area contributed by atoms with E-state index in [1.807, 2.05) is 31.2 Å². The summed E-state index contributed by atoms with van der Waals surface area (Å²) in [6.45, 7) is -0.854. The SMILES string of the molecule is CC(Cc1ccc(Cl)cc1)Nc1ccccc1OC(F)F. The van der Waals surface area contributed by atoms with Crippen molar-refractivity contribution in [1.82, 2.24) is 0 Å². The number of hydrogen-bond donors (Lipinski definition) is 1. The van der Waals surface area contributed by atoms with Gasteiger partial charge in [0.05, 0.1) is 5.69 Å². The Hall–Kier alpha value is -1.81. The second-order valence-electron chi connectivity index (χ2n) is 4.75. The number of anilines is 1.